The standard InChI is InChI=1S/C19H19N3O6S2/c1-5-17-20-15(11-29-17)18(23)22(12-8-13(27-2)10-14(9-12)28-3)16-6-7-21(19(16)24)30(4,25)26/h1,8-11,16H,6-7H2,2-4H3. The summed E-state index contributed by atoms with van der Waals surface area (Å²) in [5, 5.41) is 1.81. The molecular weight excluding hydrogens is 430 g/mol. The Labute approximate surface area is 178 Å². The molecule has 0 saturated carbocycles. The number of carbonyl (C=O) groups excluding carboxylic acids is 2. The topological polar surface area (TPSA) is 106 Å². The van der Waals surface area contributed by atoms with Gasteiger partial charge in [0.05, 0.1) is 26.2 Å². The zero-order valence-electron chi connectivity index (χ0n) is 16.5. The molecule has 1 atom stereocenters. The van der Waals surface area contributed by atoms with E-state index < -0.39 is 27.9 Å². The maximum atomic E-state index is 13.4. The summed E-state index contributed by atoms with van der Waals surface area (Å²) in [6.07, 6.45) is 6.43. The summed E-state index contributed by atoms with van der Waals surface area (Å²) in [5.74, 6) is 1.88. The number of aromatic nitrogens is 1. The molecule has 158 valence electrons. The second-order valence-electron chi connectivity index (χ2n) is 6.41. The van der Waals surface area contributed by atoms with Crippen molar-refractivity contribution in [2.24, 2.45) is 0 Å². The highest BCUT2D eigenvalue weighted by molar-refractivity contribution is 7.88. The lowest BCUT2D eigenvalue weighted by Crippen LogP contribution is -2.46. The molecule has 2 heterocycles. The fourth-order valence-corrected chi connectivity index (χ4v) is 4.62. The van der Waals surface area contributed by atoms with Crippen LogP contribution in [0.1, 0.15) is 21.9 Å². The number of benzene rings is 1. The molecule has 30 heavy (non-hydrogen) atoms. The van der Waals surface area contributed by atoms with Gasteiger partial charge < -0.3 is 9.47 Å². The van der Waals surface area contributed by atoms with Crippen molar-refractivity contribution in [2.45, 2.75) is 12.5 Å². The molecule has 1 aromatic carbocycles. The summed E-state index contributed by atoms with van der Waals surface area (Å²) in [5.41, 5.74) is 0.362. The molecule has 1 saturated heterocycles. The Morgan fingerprint density at radius 3 is 2.40 bits per heavy atom. The average Bonchev–Trinajstić information content (AvgIpc) is 3.34. The van der Waals surface area contributed by atoms with Crippen LogP contribution < -0.4 is 14.4 Å². The second kappa shape index (κ2) is 8.33. The molecule has 0 bridgehead atoms. The summed E-state index contributed by atoms with van der Waals surface area (Å²) < 4.78 is 35.2. The highest BCUT2D eigenvalue weighted by Gasteiger charge is 2.43. The minimum Gasteiger partial charge on any atom is -0.497 e. The minimum atomic E-state index is -3.76. The van der Waals surface area contributed by atoms with Crippen molar-refractivity contribution in [3.05, 3.63) is 34.3 Å². The zero-order valence-corrected chi connectivity index (χ0v) is 18.1. The number of hydrogen-bond acceptors (Lipinski definition) is 8. The molecule has 0 N–H and O–H groups in total. The quantitative estimate of drug-likeness (QED) is 0.613. The summed E-state index contributed by atoms with van der Waals surface area (Å²) in [6.45, 7) is -0.0279. The SMILES string of the molecule is C#Cc1nc(C(=O)N(c2cc(OC)cc(OC)c2)C2CCN(S(C)(=O)=O)C2=O)cs1. The van der Waals surface area contributed by atoms with Crippen LogP contribution in [0, 0.1) is 12.3 Å². The molecule has 3 rings (SSSR count). The van der Waals surface area contributed by atoms with Crippen molar-refractivity contribution < 1.29 is 27.5 Å². The van der Waals surface area contributed by atoms with Gasteiger partial charge >= 0.3 is 0 Å². The lowest BCUT2D eigenvalue weighted by Gasteiger charge is -2.28. The Hall–Kier alpha value is -3.10. The highest BCUT2D eigenvalue weighted by atomic mass is 32.2. The monoisotopic (exact) mass is 449 g/mol. The van der Waals surface area contributed by atoms with Crippen molar-refractivity contribution in [1.29, 1.82) is 0 Å². The Balaban J connectivity index is 2.12. The van der Waals surface area contributed by atoms with Gasteiger partial charge in [0.2, 0.25) is 10.0 Å². The summed E-state index contributed by atoms with van der Waals surface area (Å²) in [7, 11) is -0.850. The lowest BCUT2D eigenvalue weighted by atomic mass is 10.1. The van der Waals surface area contributed by atoms with Crippen molar-refractivity contribution in [3.63, 3.8) is 0 Å². The number of terminal acetylenes is 1. The normalized spacial score (nSPS) is 16.3. The first-order valence-electron chi connectivity index (χ1n) is 8.70. The molecule has 1 aliphatic rings. The average molecular weight is 450 g/mol. The number of hydrogen-bond donors (Lipinski definition) is 0. The van der Waals surface area contributed by atoms with Gasteiger partial charge in [-0.05, 0) is 12.3 Å². The molecule has 1 aromatic heterocycles. The van der Waals surface area contributed by atoms with Crippen LogP contribution in [0.15, 0.2) is 23.6 Å². The molecule has 9 nitrogen and oxygen atoms in total. The van der Waals surface area contributed by atoms with Gasteiger partial charge in [-0.3, -0.25) is 14.5 Å². The van der Waals surface area contributed by atoms with Crippen molar-refractivity contribution in [3.8, 4) is 23.8 Å². The molecule has 0 radical (unpaired) electrons. The first kappa shape index (κ1) is 21.6. The highest BCUT2D eigenvalue weighted by Crippen LogP contribution is 2.33. The van der Waals surface area contributed by atoms with Gasteiger partial charge in [-0.2, -0.15) is 0 Å². The lowest BCUT2D eigenvalue weighted by molar-refractivity contribution is -0.124. The maximum Gasteiger partial charge on any atom is 0.278 e. The summed E-state index contributed by atoms with van der Waals surface area (Å²) in [6, 6.07) is 3.70. The van der Waals surface area contributed by atoms with Crippen LogP contribution in [0.25, 0.3) is 0 Å². The van der Waals surface area contributed by atoms with Gasteiger partial charge in [0.15, 0.2) is 5.01 Å². The third-order valence-electron chi connectivity index (χ3n) is 4.53. The van der Waals surface area contributed by atoms with E-state index in [0.717, 1.165) is 21.9 Å². The fraction of sp³-hybridized carbons (Fsp3) is 0.316. The van der Waals surface area contributed by atoms with Crippen LogP contribution in [0.3, 0.4) is 0 Å². The molecule has 11 heteroatoms. The first-order valence-corrected chi connectivity index (χ1v) is 11.4. The summed E-state index contributed by atoms with van der Waals surface area (Å²) in [4.78, 5) is 31.6. The van der Waals surface area contributed by atoms with E-state index in [-0.39, 0.29) is 18.7 Å². The number of rotatable bonds is 6. The Kier molecular flexibility index (Phi) is 6.00. The van der Waals surface area contributed by atoms with E-state index in [1.165, 1.54) is 24.5 Å². The van der Waals surface area contributed by atoms with E-state index in [0.29, 0.717) is 22.2 Å². The molecular formula is C19H19N3O6S2. The molecule has 1 unspecified atom stereocenters. The molecule has 2 aromatic rings. The van der Waals surface area contributed by atoms with Gasteiger partial charge in [0, 0.05) is 30.1 Å². The smallest absolute Gasteiger partial charge is 0.278 e. The number of carbonyl (C=O) groups is 2. The number of methoxy groups -OCH3 is 2. The number of sulfonamides is 1. The van der Waals surface area contributed by atoms with E-state index in [4.69, 9.17) is 15.9 Å². The van der Waals surface area contributed by atoms with Gasteiger partial charge in [-0.15, -0.1) is 17.8 Å². The van der Waals surface area contributed by atoms with Crippen LogP contribution in [0.2, 0.25) is 0 Å². The number of amides is 2. The number of nitrogens with zero attached hydrogens (tertiary/aromatic N) is 3. The Morgan fingerprint density at radius 2 is 1.93 bits per heavy atom. The third-order valence-corrected chi connectivity index (χ3v) is 6.47. The molecule has 2 amide bonds. The van der Waals surface area contributed by atoms with Gasteiger partial charge in [0.1, 0.15) is 23.2 Å². The Morgan fingerprint density at radius 1 is 1.30 bits per heavy atom. The van der Waals surface area contributed by atoms with Crippen LogP contribution in [-0.4, -0.2) is 62.6 Å². The van der Waals surface area contributed by atoms with Crippen LogP contribution in [-0.2, 0) is 14.8 Å². The largest absolute Gasteiger partial charge is 0.497 e. The van der Waals surface area contributed by atoms with E-state index in [2.05, 4.69) is 10.9 Å². The Bertz CT molecular complexity index is 1110. The third kappa shape index (κ3) is 4.10. The van der Waals surface area contributed by atoms with Crippen LogP contribution in [0.5, 0.6) is 11.5 Å². The van der Waals surface area contributed by atoms with Crippen molar-refractivity contribution in [1.82, 2.24) is 9.29 Å². The van der Waals surface area contributed by atoms with Crippen molar-refractivity contribution >= 4 is 38.9 Å². The fourth-order valence-electron chi connectivity index (χ4n) is 3.14. The van der Waals surface area contributed by atoms with Crippen molar-refractivity contribution in [2.75, 3.05) is 31.9 Å². The predicted octanol–water partition coefficient (Wildman–Crippen LogP) is 1.35. The minimum absolute atomic E-state index is 0.0279. The van der Waals surface area contributed by atoms with Crippen LogP contribution >= 0.6 is 11.3 Å². The van der Waals surface area contributed by atoms with E-state index >= 15 is 0 Å². The predicted molar refractivity (Wildman–Crippen MR) is 111 cm³/mol. The van der Waals surface area contributed by atoms with Gasteiger partial charge in [0.25, 0.3) is 11.8 Å². The molecule has 0 spiro atoms. The van der Waals surface area contributed by atoms with Gasteiger partial charge in [-0.1, -0.05) is 0 Å². The molecule has 1 fully saturated rings. The van der Waals surface area contributed by atoms with E-state index in [1.807, 2.05) is 0 Å². The maximum absolute atomic E-state index is 13.4. The number of anilines is 1. The number of ether oxygens (including phenoxy) is 2. The summed E-state index contributed by atoms with van der Waals surface area (Å²) >= 11 is 1.12. The molecule has 1 aliphatic heterocycles. The van der Waals surface area contributed by atoms with Gasteiger partial charge in [-0.25, -0.2) is 17.7 Å². The first-order chi connectivity index (χ1) is 14.2. The molecule has 0 aliphatic carbocycles. The van der Waals surface area contributed by atoms with E-state index in [1.54, 1.807) is 18.2 Å². The van der Waals surface area contributed by atoms with E-state index in [9.17, 15) is 18.0 Å². The van der Waals surface area contributed by atoms with Crippen LogP contribution in [0.4, 0.5) is 5.69 Å². The number of thiazole rings is 1. The second-order valence-corrected chi connectivity index (χ2v) is 9.17. The zero-order chi connectivity index (χ0) is 22.1.